The molecule has 7 nitrogen and oxygen atoms in total. The Hall–Kier alpha value is -3.61. The smallest absolute Gasteiger partial charge is 0.337 e. The number of carbonyl (C=O) groups excluding carboxylic acids is 1. The molecule has 0 radical (unpaired) electrons. The van der Waals surface area contributed by atoms with Gasteiger partial charge in [0.2, 0.25) is 0 Å². The van der Waals surface area contributed by atoms with Crippen molar-refractivity contribution in [3.63, 3.8) is 0 Å². The van der Waals surface area contributed by atoms with Crippen LogP contribution in [-0.4, -0.2) is 28.6 Å². The second kappa shape index (κ2) is 7.79. The van der Waals surface area contributed by atoms with Crippen LogP contribution < -0.4 is 15.7 Å². The number of fused-ring (bicyclic) bond motifs is 2. The Morgan fingerprint density at radius 2 is 2.03 bits per heavy atom. The van der Waals surface area contributed by atoms with Crippen LogP contribution in [0.5, 0.6) is 5.75 Å². The van der Waals surface area contributed by atoms with Crippen LogP contribution >= 0.6 is 0 Å². The Morgan fingerprint density at radius 1 is 1.21 bits per heavy atom. The topological polar surface area (TPSA) is 86.4 Å². The van der Waals surface area contributed by atoms with Crippen molar-refractivity contribution < 1.29 is 13.9 Å². The Morgan fingerprint density at radius 3 is 2.83 bits per heavy atom. The van der Waals surface area contributed by atoms with Crippen molar-refractivity contribution in [1.82, 2.24) is 14.9 Å². The fourth-order valence-electron chi connectivity index (χ4n) is 3.39. The number of amides is 1. The number of aromatic nitrogens is 2. The lowest BCUT2D eigenvalue weighted by Gasteiger charge is -2.09. The van der Waals surface area contributed by atoms with Crippen LogP contribution in [0.1, 0.15) is 23.1 Å². The highest BCUT2D eigenvalue weighted by atomic mass is 16.5. The molecule has 148 valence electrons. The van der Waals surface area contributed by atoms with E-state index in [0.29, 0.717) is 36.3 Å². The van der Waals surface area contributed by atoms with E-state index in [4.69, 9.17) is 9.15 Å². The molecule has 2 heterocycles. The molecule has 0 aliphatic heterocycles. The van der Waals surface area contributed by atoms with Gasteiger partial charge in [0, 0.05) is 37.5 Å². The number of imidazole rings is 1. The number of hydrogen-bond donors (Lipinski definition) is 1. The van der Waals surface area contributed by atoms with Crippen LogP contribution in [0.3, 0.4) is 0 Å². The number of aryl methyl sites for hydroxylation is 1. The first-order valence-corrected chi connectivity index (χ1v) is 9.46. The molecule has 0 aliphatic rings. The van der Waals surface area contributed by atoms with Crippen molar-refractivity contribution in [2.45, 2.75) is 13.3 Å². The molecule has 0 atom stereocenters. The van der Waals surface area contributed by atoms with E-state index in [1.165, 1.54) is 6.07 Å². The summed E-state index contributed by atoms with van der Waals surface area (Å²) in [5.41, 5.74) is 2.00. The maximum absolute atomic E-state index is 12.7. The fourth-order valence-corrected chi connectivity index (χ4v) is 3.39. The third kappa shape index (κ3) is 3.71. The minimum absolute atomic E-state index is 0.282. The van der Waals surface area contributed by atoms with Crippen molar-refractivity contribution in [1.29, 1.82) is 0 Å². The van der Waals surface area contributed by atoms with Crippen molar-refractivity contribution in [3.05, 3.63) is 70.3 Å². The summed E-state index contributed by atoms with van der Waals surface area (Å²) in [6, 6.07) is 14.2. The van der Waals surface area contributed by atoms with Gasteiger partial charge in [0.05, 0.1) is 23.2 Å². The molecule has 4 aromatic rings. The van der Waals surface area contributed by atoms with E-state index in [9.17, 15) is 9.59 Å². The minimum atomic E-state index is -0.577. The molecule has 0 bridgehead atoms. The Bertz CT molecular complexity index is 1260. The molecule has 0 saturated carbocycles. The minimum Gasteiger partial charge on any atom is -0.494 e. The van der Waals surface area contributed by atoms with Gasteiger partial charge < -0.3 is 19.0 Å². The third-order valence-electron chi connectivity index (χ3n) is 4.79. The zero-order valence-corrected chi connectivity index (χ0v) is 16.3. The average Bonchev–Trinajstić information content (AvgIpc) is 3.03. The third-order valence-corrected chi connectivity index (χ3v) is 4.79. The summed E-state index contributed by atoms with van der Waals surface area (Å²) in [6.07, 6.45) is 0.574. The van der Waals surface area contributed by atoms with Crippen molar-refractivity contribution in [3.8, 4) is 5.75 Å². The zero-order chi connectivity index (χ0) is 20.4. The van der Waals surface area contributed by atoms with Gasteiger partial charge in [-0.05, 0) is 31.2 Å². The summed E-state index contributed by atoms with van der Waals surface area (Å²) in [5.74, 6) is 1.14. The van der Waals surface area contributed by atoms with Gasteiger partial charge in [-0.2, -0.15) is 0 Å². The number of carbonyl (C=O) groups is 1. The number of hydrogen-bond acceptors (Lipinski definition) is 5. The van der Waals surface area contributed by atoms with Crippen LogP contribution in [0.25, 0.3) is 22.0 Å². The maximum atomic E-state index is 12.7. The molecule has 1 amide bonds. The molecule has 2 aromatic carbocycles. The van der Waals surface area contributed by atoms with Crippen molar-refractivity contribution >= 4 is 27.9 Å². The molecular weight excluding hydrogens is 370 g/mol. The van der Waals surface area contributed by atoms with Crippen molar-refractivity contribution in [2.24, 2.45) is 7.05 Å². The lowest BCUT2D eigenvalue weighted by Crippen LogP contribution is -2.27. The van der Waals surface area contributed by atoms with Gasteiger partial charge in [0.15, 0.2) is 0 Å². The number of benzene rings is 2. The molecular formula is C22H21N3O4. The Labute approximate surface area is 166 Å². The summed E-state index contributed by atoms with van der Waals surface area (Å²) in [4.78, 5) is 29.2. The molecule has 7 heteroatoms. The predicted octanol–water partition coefficient (Wildman–Crippen LogP) is 3.05. The lowest BCUT2D eigenvalue weighted by atomic mass is 10.1. The zero-order valence-electron chi connectivity index (χ0n) is 16.3. The van der Waals surface area contributed by atoms with E-state index in [0.717, 1.165) is 16.9 Å². The first-order valence-electron chi connectivity index (χ1n) is 9.46. The first-order chi connectivity index (χ1) is 14.1. The fraction of sp³-hybridized carbons (Fsp3) is 0.227. The number of rotatable bonds is 6. The Balaban J connectivity index is 1.52. The van der Waals surface area contributed by atoms with Gasteiger partial charge in [-0.3, -0.25) is 4.79 Å². The van der Waals surface area contributed by atoms with Gasteiger partial charge in [-0.25, -0.2) is 9.78 Å². The van der Waals surface area contributed by atoms with E-state index in [2.05, 4.69) is 10.3 Å². The molecule has 0 unspecified atom stereocenters. The first kappa shape index (κ1) is 18.7. The molecule has 2 aromatic heterocycles. The monoisotopic (exact) mass is 391 g/mol. The number of para-hydroxylation sites is 2. The molecule has 0 saturated heterocycles. The highest BCUT2D eigenvalue weighted by Gasteiger charge is 2.14. The Kier molecular flexibility index (Phi) is 5.03. The molecule has 4 rings (SSSR count). The second-order valence-electron chi connectivity index (χ2n) is 6.65. The van der Waals surface area contributed by atoms with E-state index in [-0.39, 0.29) is 11.5 Å². The number of ether oxygens (including phenoxy) is 1. The lowest BCUT2D eigenvalue weighted by molar-refractivity contribution is 0.0955. The van der Waals surface area contributed by atoms with Crippen LogP contribution in [0, 0.1) is 0 Å². The summed E-state index contributed by atoms with van der Waals surface area (Å²) in [5, 5.41) is 3.44. The predicted molar refractivity (Wildman–Crippen MR) is 110 cm³/mol. The van der Waals surface area contributed by atoms with Crippen LogP contribution in [0.4, 0.5) is 0 Å². The normalized spacial score (nSPS) is 11.1. The van der Waals surface area contributed by atoms with Gasteiger partial charge in [0.25, 0.3) is 5.91 Å². The van der Waals surface area contributed by atoms with E-state index in [1.807, 2.05) is 42.8 Å². The molecule has 0 fully saturated rings. The summed E-state index contributed by atoms with van der Waals surface area (Å²) in [7, 11) is 1.96. The van der Waals surface area contributed by atoms with Crippen LogP contribution in [0.15, 0.2) is 57.7 Å². The van der Waals surface area contributed by atoms with E-state index in [1.54, 1.807) is 18.2 Å². The summed E-state index contributed by atoms with van der Waals surface area (Å²) in [6.45, 7) is 2.77. The molecule has 0 aliphatic carbocycles. The molecule has 1 N–H and O–H groups in total. The number of nitrogens with one attached hydrogen (secondary N) is 1. The van der Waals surface area contributed by atoms with Gasteiger partial charge >= 0.3 is 5.63 Å². The summed E-state index contributed by atoms with van der Waals surface area (Å²) >= 11 is 0. The van der Waals surface area contributed by atoms with Crippen LogP contribution in [0.2, 0.25) is 0 Å². The standard InChI is InChI=1S/C22H21N3O4/c1-3-28-14-8-9-15-16(13-21(26)29-19(15)12-14)22(27)23-11-10-20-24-17-6-4-5-7-18(17)25(20)2/h4-9,12-13H,3,10-11H2,1-2H3,(H,23,27). The highest BCUT2D eigenvalue weighted by molar-refractivity contribution is 6.05. The highest BCUT2D eigenvalue weighted by Crippen LogP contribution is 2.23. The van der Waals surface area contributed by atoms with Crippen molar-refractivity contribution in [2.75, 3.05) is 13.2 Å². The van der Waals surface area contributed by atoms with Gasteiger partial charge in [0.1, 0.15) is 17.2 Å². The number of nitrogens with zero attached hydrogens (tertiary/aromatic N) is 2. The molecule has 0 spiro atoms. The van der Waals surface area contributed by atoms with E-state index < -0.39 is 5.63 Å². The van der Waals surface area contributed by atoms with Gasteiger partial charge in [-0.15, -0.1) is 0 Å². The summed E-state index contributed by atoms with van der Waals surface area (Å²) < 4.78 is 12.7. The molecule has 29 heavy (non-hydrogen) atoms. The van der Waals surface area contributed by atoms with Gasteiger partial charge in [-0.1, -0.05) is 12.1 Å². The average molecular weight is 391 g/mol. The van der Waals surface area contributed by atoms with Crippen LogP contribution in [-0.2, 0) is 13.5 Å². The van der Waals surface area contributed by atoms with E-state index >= 15 is 0 Å². The second-order valence-corrected chi connectivity index (χ2v) is 6.65. The SMILES string of the molecule is CCOc1ccc2c(C(=O)NCCc3nc4ccccc4n3C)cc(=O)oc2c1. The largest absolute Gasteiger partial charge is 0.494 e. The maximum Gasteiger partial charge on any atom is 0.337 e. The quantitative estimate of drug-likeness (QED) is 0.511.